The van der Waals surface area contributed by atoms with Gasteiger partial charge in [0.05, 0.1) is 11.4 Å². The van der Waals surface area contributed by atoms with Crippen molar-refractivity contribution < 1.29 is 5.11 Å². The molecule has 3 heteroatoms. The Morgan fingerprint density at radius 2 is 1.86 bits per heavy atom. The lowest BCUT2D eigenvalue weighted by atomic mass is 9.98. The van der Waals surface area contributed by atoms with Crippen molar-refractivity contribution >= 4 is 21.6 Å². The van der Waals surface area contributed by atoms with Gasteiger partial charge in [0.1, 0.15) is 0 Å². The minimum atomic E-state index is -0.264. The van der Waals surface area contributed by atoms with Gasteiger partial charge in [0, 0.05) is 4.75 Å². The van der Waals surface area contributed by atoms with Crippen molar-refractivity contribution in [2.75, 3.05) is 0 Å². The molecule has 14 heavy (non-hydrogen) atoms. The first-order chi connectivity index (χ1) is 6.61. The summed E-state index contributed by atoms with van der Waals surface area (Å²) >= 11 is 0. The van der Waals surface area contributed by atoms with Crippen LogP contribution in [0.2, 0.25) is 0 Å². The van der Waals surface area contributed by atoms with Crippen molar-refractivity contribution in [1.82, 2.24) is 0 Å². The van der Waals surface area contributed by atoms with Crippen molar-refractivity contribution in [3.63, 3.8) is 0 Å². The highest BCUT2D eigenvalue weighted by Crippen LogP contribution is 2.57. The molecule has 0 bridgehead atoms. The molecule has 2 rings (SSSR count). The Kier molecular flexibility index (Phi) is 2.82. The largest absolute Gasteiger partial charge is 0.390 e. The topological polar surface area (TPSA) is 20.2 Å². The van der Waals surface area contributed by atoms with E-state index in [2.05, 4.69) is 26.0 Å². The molecule has 0 amide bonds. The third-order valence-corrected chi connectivity index (χ3v) is 6.20. The summed E-state index contributed by atoms with van der Waals surface area (Å²) < 4.78 is -0.0365. The van der Waals surface area contributed by atoms with Gasteiger partial charge >= 0.3 is 0 Å². The Hall–Kier alpha value is -0.120. The van der Waals surface area contributed by atoms with Crippen LogP contribution in [0.25, 0.3) is 0 Å². The van der Waals surface area contributed by atoms with Gasteiger partial charge in [0.25, 0.3) is 0 Å². The quantitative estimate of drug-likeness (QED) is 0.742. The van der Waals surface area contributed by atoms with Gasteiger partial charge in [-0.3, -0.25) is 0 Å². The lowest BCUT2D eigenvalue weighted by Crippen LogP contribution is -2.31. The molecule has 1 aliphatic heterocycles. The predicted octanol–water partition coefficient (Wildman–Crippen LogP) is 3.26. The zero-order valence-corrected chi connectivity index (χ0v) is 9.94. The molecule has 0 aliphatic carbocycles. The number of hydrogen-bond donors (Lipinski definition) is 1. The average Bonchev–Trinajstić information content (AvgIpc) is 2.44. The molecule has 1 aliphatic rings. The van der Waals surface area contributed by atoms with Crippen LogP contribution in [-0.2, 0) is 0 Å². The van der Waals surface area contributed by atoms with Crippen LogP contribution in [0.1, 0.15) is 24.7 Å². The molecule has 1 nitrogen and oxygen atoms in total. The van der Waals surface area contributed by atoms with Crippen molar-refractivity contribution in [3.8, 4) is 0 Å². The second kappa shape index (κ2) is 3.80. The zero-order valence-electron chi connectivity index (χ0n) is 8.31. The van der Waals surface area contributed by atoms with Gasteiger partial charge in [-0.1, -0.05) is 51.9 Å². The molecule has 1 saturated heterocycles. The normalized spacial score (nSPS) is 30.5. The van der Waals surface area contributed by atoms with Crippen LogP contribution in [0.15, 0.2) is 30.3 Å². The molecule has 1 aromatic carbocycles. The SMILES string of the molecule is CC1(C)SSC(c2ccccc2)C1O. The van der Waals surface area contributed by atoms with Crippen LogP contribution in [-0.4, -0.2) is 16.0 Å². The summed E-state index contributed by atoms with van der Waals surface area (Å²) in [5, 5.41) is 10.3. The number of benzene rings is 1. The summed E-state index contributed by atoms with van der Waals surface area (Å²) in [4.78, 5) is 0. The van der Waals surface area contributed by atoms with E-state index < -0.39 is 0 Å². The van der Waals surface area contributed by atoms with E-state index in [0.29, 0.717) is 0 Å². The standard InChI is InChI=1S/C11H14OS2/c1-11(2)10(12)9(13-14-11)8-6-4-3-5-7-8/h3-7,9-10,12H,1-2H3. The fourth-order valence-electron chi connectivity index (χ4n) is 1.52. The molecular formula is C11H14OS2. The van der Waals surface area contributed by atoms with Crippen LogP contribution in [0, 0.1) is 0 Å². The van der Waals surface area contributed by atoms with E-state index in [1.807, 2.05) is 18.2 Å². The van der Waals surface area contributed by atoms with Gasteiger partial charge in [-0.05, 0) is 19.4 Å². The minimum absolute atomic E-state index is 0.0365. The van der Waals surface area contributed by atoms with Crippen LogP contribution in [0.4, 0.5) is 0 Å². The van der Waals surface area contributed by atoms with E-state index in [9.17, 15) is 5.11 Å². The predicted molar refractivity (Wildman–Crippen MR) is 64.5 cm³/mol. The third-order valence-electron chi connectivity index (χ3n) is 2.49. The van der Waals surface area contributed by atoms with Gasteiger partial charge in [-0.2, -0.15) is 0 Å². The fraction of sp³-hybridized carbons (Fsp3) is 0.455. The minimum Gasteiger partial charge on any atom is -0.390 e. The van der Waals surface area contributed by atoms with Gasteiger partial charge in [-0.15, -0.1) is 0 Å². The molecule has 76 valence electrons. The molecule has 2 unspecified atom stereocenters. The molecule has 1 aromatic rings. The Labute approximate surface area is 92.7 Å². The van der Waals surface area contributed by atoms with Gasteiger partial charge in [0.2, 0.25) is 0 Å². The summed E-state index contributed by atoms with van der Waals surface area (Å²) in [5.74, 6) is 0. The molecule has 0 radical (unpaired) electrons. The van der Waals surface area contributed by atoms with Crippen molar-refractivity contribution in [2.24, 2.45) is 0 Å². The van der Waals surface area contributed by atoms with E-state index in [0.717, 1.165) is 0 Å². The Balaban J connectivity index is 2.23. The summed E-state index contributed by atoms with van der Waals surface area (Å²) in [6.45, 7) is 4.19. The number of hydrogen-bond acceptors (Lipinski definition) is 3. The van der Waals surface area contributed by atoms with Crippen LogP contribution in [0.5, 0.6) is 0 Å². The second-order valence-corrected chi connectivity index (χ2v) is 7.06. The maximum Gasteiger partial charge on any atom is 0.0857 e. The molecule has 0 spiro atoms. The molecule has 1 N–H and O–H groups in total. The highest BCUT2D eigenvalue weighted by atomic mass is 33.1. The van der Waals surface area contributed by atoms with Gasteiger partial charge in [0.15, 0.2) is 0 Å². The molecule has 0 aromatic heterocycles. The van der Waals surface area contributed by atoms with Gasteiger partial charge < -0.3 is 5.11 Å². The van der Waals surface area contributed by atoms with Crippen LogP contribution < -0.4 is 0 Å². The van der Waals surface area contributed by atoms with E-state index in [4.69, 9.17) is 0 Å². The number of rotatable bonds is 1. The molecular weight excluding hydrogens is 212 g/mol. The first kappa shape index (κ1) is 10.4. The number of aliphatic hydroxyl groups excluding tert-OH is 1. The first-order valence-corrected chi connectivity index (χ1v) is 6.90. The Bertz CT molecular complexity index is 310. The molecule has 0 saturated carbocycles. The van der Waals surface area contributed by atoms with Gasteiger partial charge in [-0.25, -0.2) is 0 Å². The van der Waals surface area contributed by atoms with Crippen LogP contribution >= 0.6 is 21.6 Å². The fourth-order valence-corrected chi connectivity index (χ4v) is 4.91. The summed E-state index contributed by atoms with van der Waals surface area (Å²) in [5.41, 5.74) is 1.23. The summed E-state index contributed by atoms with van der Waals surface area (Å²) in [7, 11) is 3.55. The summed E-state index contributed by atoms with van der Waals surface area (Å²) in [6.07, 6.45) is -0.264. The lowest BCUT2D eigenvalue weighted by Gasteiger charge is -2.22. The van der Waals surface area contributed by atoms with E-state index in [1.54, 1.807) is 21.6 Å². The van der Waals surface area contributed by atoms with Crippen molar-refractivity contribution in [2.45, 2.75) is 29.9 Å². The van der Waals surface area contributed by atoms with Crippen molar-refractivity contribution in [1.29, 1.82) is 0 Å². The maximum absolute atomic E-state index is 10.1. The molecule has 1 fully saturated rings. The van der Waals surface area contributed by atoms with E-state index in [1.165, 1.54) is 5.56 Å². The van der Waals surface area contributed by atoms with Crippen LogP contribution in [0.3, 0.4) is 0 Å². The average molecular weight is 226 g/mol. The van der Waals surface area contributed by atoms with Crippen molar-refractivity contribution in [3.05, 3.63) is 35.9 Å². The smallest absolute Gasteiger partial charge is 0.0857 e. The summed E-state index contributed by atoms with van der Waals surface area (Å²) in [6, 6.07) is 10.2. The Morgan fingerprint density at radius 1 is 1.21 bits per heavy atom. The number of aliphatic hydroxyl groups is 1. The second-order valence-electron chi connectivity index (χ2n) is 4.06. The highest BCUT2D eigenvalue weighted by molar-refractivity contribution is 8.77. The zero-order chi connectivity index (χ0) is 10.2. The maximum atomic E-state index is 10.1. The van der Waals surface area contributed by atoms with E-state index >= 15 is 0 Å². The Morgan fingerprint density at radius 3 is 2.36 bits per heavy atom. The first-order valence-electron chi connectivity index (χ1n) is 4.69. The third kappa shape index (κ3) is 1.81. The molecule has 2 atom stereocenters. The highest BCUT2D eigenvalue weighted by Gasteiger charge is 2.43. The van der Waals surface area contributed by atoms with E-state index in [-0.39, 0.29) is 16.1 Å². The lowest BCUT2D eigenvalue weighted by molar-refractivity contribution is 0.143. The monoisotopic (exact) mass is 226 g/mol. The molecule has 1 heterocycles.